The number of thiophene rings is 1. The predicted octanol–water partition coefficient (Wildman–Crippen LogP) is 1.06. The van der Waals surface area contributed by atoms with Crippen LogP contribution in [0.4, 0.5) is 0 Å². The summed E-state index contributed by atoms with van der Waals surface area (Å²) >= 11 is 1.74. The molecule has 3 heterocycles. The highest BCUT2D eigenvalue weighted by molar-refractivity contribution is 7.09. The molecular formula is C13H19ClN2O2S. The lowest BCUT2D eigenvalue weighted by molar-refractivity contribution is -0.131. The lowest BCUT2D eigenvalue weighted by Crippen LogP contribution is -2.46. The van der Waals surface area contributed by atoms with E-state index < -0.39 is 0 Å². The summed E-state index contributed by atoms with van der Waals surface area (Å²) in [5.74, 6) is 0.505. The zero-order valence-corrected chi connectivity index (χ0v) is 12.3. The van der Waals surface area contributed by atoms with E-state index in [-0.39, 0.29) is 23.7 Å². The number of ether oxygens (including phenoxy) is 1. The van der Waals surface area contributed by atoms with Crippen LogP contribution in [0.25, 0.3) is 0 Å². The van der Waals surface area contributed by atoms with Crippen molar-refractivity contribution >= 4 is 29.7 Å². The Morgan fingerprint density at radius 1 is 1.63 bits per heavy atom. The summed E-state index contributed by atoms with van der Waals surface area (Å²) in [6.45, 7) is 3.65. The summed E-state index contributed by atoms with van der Waals surface area (Å²) < 4.78 is 5.49. The van der Waals surface area contributed by atoms with Gasteiger partial charge in [0, 0.05) is 30.4 Å². The van der Waals surface area contributed by atoms with Crippen molar-refractivity contribution < 1.29 is 9.53 Å². The second-order valence-corrected chi connectivity index (χ2v) is 6.12. The highest BCUT2D eigenvalue weighted by Crippen LogP contribution is 2.37. The van der Waals surface area contributed by atoms with Crippen LogP contribution in [0, 0.1) is 11.3 Å². The minimum absolute atomic E-state index is 0. The largest absolute Gasteiger partial charge is 0.380 e. The first-order valence-electron chi connectivity index (χ1n) is 6.40. The standard InChI is InChI=1S/C13H18N2O2S.ClH/c16-12(15-4-3-11-2-1-5-18-11)13-8-14-6-10(13)7-17-9-13;/h1-2,5,10,14H,3-4,6-9H2,(H,15,16);1H/t10-,13-;/m1./s1. The highest BCUT2D eigenvalue weighted by atomic mass is 35.5. The van der Waals surface area contributed by atoms with Gasteiger partial charge in [-0.25, -0.2) is 0 Å². The molecule has 2 saturated heterocycles. The van der Waals surface area contributed by atoms with Crippen LogP contribution in [0.3, 0.4) is 0 Å². The van der Waals surface area contributed by atoms with Gasteiger partial charge < -0.3 is 15.4 Å². The predicted molar refractivity (Wildman–Crippen MR) is 77.9 cm³/mol. The van der Waals surface area contributed by atoms with E-state index in [0.717, 1.165) is 19.5 Å². The van der Waals surface area contributed by atoms with Crippen molar-refractivity contribution in [1.29, 1.82) is 0 Å². The summed E-state index contributed by atoms with van der Waals surface area (Å²) in [6.07, 6.45) is 0.915. The summed E-state index contributed by atoms with van der Waals surface area (Å²) in [5, 5.41) is 8.45. The number of rotatable bonds is 4. The van der Waals surface area contributed by atoms with Crippen LogP contribution in [-0.4, -0.2) is 38.8 Å². The Hall–Kier alpha value is -0.620. The van der Waals surface area contributed by atoms with Crippen molar-refractivity contribution in [3.8, 4) is 0 Å². The van der Waals surface area contributed by atoms with E-state index in [2.05, 4.69) is 22.1 Å². The lowest BCUT2D eigenvalue weighted by atomic mass is 9.80. The van der Waals surface area contributed by atoms with Gasteiger partial charge in [-0.15, -0.1) is 23.7 Å². The van der Waals surface area contributed by atoms with E-state index >= 15 is 0 Å². The van der Waals surface area contributed by atoms with Gasteiger partial charge in [0.2, 0.25) is 5.91 Å². The molecule has 106 valence electrons. The van der Waals surface area contributed by atoms with Gasteiger partial charge in [-0.2, -0.15) is 0 Å². The monoisotopic (exact) mass is 302 g/mol. The van der Waals surface area contributed by atoms with Gasteiger partial charge in [-0.05, 0) is 17.9 Å². The van der Waals surface area contributed by atoms with E-state index in [1.807, 2.05) is 6.07 Å². The maximum atomic E-state index is 12.3. The number of amides is 1. The Morgan fingerprint density at radius 2 is 2.53 bits per heavy atom. The molecule has 1 aromatic rings. The number of fused-ring (bicyclic) bond motifs is 1. The fourth-order valence-electron chi connectivity index (χ4n) is 2.84. The van der Waals surface area contributed by atoms with Crippen molar-refractivity contribution in [1.82, 2.24) is 10.6 Å². The number of carbonyl (C=O) groups is 1. The van der Waals surface area contributed by atoms with Crippen molar-refractivity contribution in [3.05, 3.63) is 22.4 Å². The number of carbonyl (C=O) groups excluding carboxylic acids is 1. The van der Waals surface area contributed by atoms with Crippen molar-refractivity contribution in [2.24, 2.45) is 11.3 Å². The Kier molecular flexibility index (Phi) is 4.84. The third kappa shape index (κ3) is 2.79. The summed E-state index contributed by atoms with van der Waals surface area (Å²) in [7, 11) is 0. The zero-order chi connectivity index (χ0) is 12.4. The van der Waals surface area contributed by atoms with Crippen molar-refractivity contribution in [2.75, 3.05) is 32.8 Å². The fourth-order valence-corrected chi connectivity index (χ4v) is 3.55. The van der Waals surface area contributed by atoms with Crippen molar-refractivity contribution in [2.45, 2.75) is 6.42 Å². The Morgan fingerprint density at radius 3 is 3.32 bits per heavy atom. The normalized spacial score (nSPS) is 28.7. The lowest BCUT2D eigenvalue weighted by Gasteiger charge is -2.24. The van der Waals surface area contributed by atoms with Crippen LogP contribution in [0.5, 0.6) is 0 Å². The molecule has 3 rings (SSSR count). The molecule has 4 nitrogen and oxygen atoms in total. The molecule has 2 aliphatic rings. The van der Waals surface area contributed by atoms with Gasteiger partial charge in [-0.1, -0.05) is 6.07 Å². The molecule has 2 N–H and O–H groups in total. The van der Waals surface area contributed by atoms with Crippen LogP contribution in [0.2, 0.25) is 0 Å². The Bertz CT molecular complexity index is 414. The second-order valence-electron chi connectivity index (χ2n) is 5.08. The summed E-state index contributed by atoms with van der Waals surface area (Å²) in [6, 6.07) is 4.15. The van der Waals surface area contributed by atoms with E-state index in [1.54, 1.807) is 11.3 Å². The molecule has 0 bridgehead atoms. The molecule has 0 radical (unpaired) electrons. The van der Waals surface area contributed by atoms with Gasteiger partial charge in [0.15, 0.2) is 0 Å². The summed E-state index contributed by atoms with van der Waals surface area (Å²) in [5.41, 5.74) is -0.310. The topological polar surface area (TPSA) is 50.4 Å². The third-order valence-corrected chi connectivity index (χ3v) is 4.92. The molecule has 0 aromatic carbocycles. The molecule has 0 saturated carbocycles. The Balaban J connectivity index is 0.00000133. The van der Waals surface area contributed by atoms with Gasteiger partial charge >= 0.3 is 0 Å². The average molecular weight is 303 g/mol. The number of hydrogen-bond donors (Lipinski definition) is 2. The quantitative estimate of drug-likeness (QED) is 0.874. The van der Waals surface area contributed by atoms with Crippen molar-refractivity contribution in [3.63, 3.8) is 0 Å². The zero-order valence-electron chi connectivity index (χ0n) is 10.7. The Labute approximate surface area is 123 Å². The van der Waals surface area contributed by atoms with Crippen LogP contribution in [-0.2, 0) is 16.0 Å². The van der Waals surface area contributed by atoms with Crippen LogP contribution in [0.1, 0.15) is 4.88 Å². The minimum Gasteiger partial charge on any atom is -0.380 e. The van der Waals surface area contributed by atoms with E-state index in [1.165, 1.54) is 4.88 Å². The van der Waals surface area contributed by atoms with E-state index in [9.17, 15) is 4.79 Å². The molecular weight excluding hydrogens is 284 g/mol. The smallest absolute Gasteiger partial charge is 0.230 e. The van der Waals surface area contributed by atoms with E-state index in [0.29, 0.717) is 25.7 Å². The molecule has 2 atom stereocenters. The van der Waals surface area contributed by atoms with Gasteiger partial charge in [0.05, 0.1) is 18.6 Å². The molecule has 2 aliphatic heterocycles. The molecule has 0 spiro atoms. The molecule has 0 unspecified atom stereocenters. The van der Waals surface area contributed by atoms with Gasteiger partial charge in [-0.3, -0.25) is 4.79 Å². The van der Waals surface area contributed by atoms with Crippen LogP contribution in [0.15, 0.2) is 17.5 Å². The first-order valence-corrected chi connectivity index (χ1v) is 7.28. The van der Waals surface area contributed by atoms with E-state index in [4.69, 9.17) is 4.74 Å². The maximum absolute atomic E-state index is 12.3. The second kappa shape index (κ2) is 6.22. The first kappa shape index (κ1) is 14.8. The SMILES string of the molecule is Cl.O=C(NCCc1cccs1)[C@@]12CNC[C@@H]1COC2. The molecule has 2 fully saturated rings. The average Bonchev–Trinajstić information content (AvgIpc) is 3.04. The van der Waals surface area contributed by atoms with Crippen LogP contribution < -0.4 is 10.6 Å². The molecule has 1 aromatic heterocycles. The van der Waals surface area contributed by atoms with Gasteiger partial charge in [0.1, 0.15) is 0 Å². The third-order valence-electron chi connectivity index (χ3n) is 3.98. The molecule has 19 heavy (non-hydrogen) atoms. The highest BCUT2D eigenvalue weighted by Gasteiger charge is 2.52. The van der Waals surface area contributed by atoms with Gasteiger partial charge in [0.25, 0.3) is 0 Å². The molecule has 1 amide bonds. The number of hydrogen-bond acceptors (Lipinski definition) is 4. The minimum atomic E-state index is -0.310. The first-order chi connectivity index (χ1) is 8.81. The fraction of sp³-hybridized carbons (Fsp3) is 0.615. The maximum Gasteiger partial charge on any atom is 0.230 e. The molecule has 6 heteroatoms. The molecule has 0 aliphatic carbocycles. The number of halogens is 1. The van der Waals surface area contributed by atoms with Crippen LogP contribution >= 0.6 is 23.7 Å². The summed E-state index contributed by atoms with van der Waals surface area (Å²) in [4.78, 5) is 13.7. The number of nitrogens with one attached hydrogen (secondary N) is 2.